The molecule has 21 heavy (non-hydrogen) atoms. The second-order valence-corrected chi connectivity index (χ2v) is 8.11. The second kappa shape index (κ2) is 9.12. The van der Waals surface area contributed by atoms with Gasteiger partial charge in [0.05, 0.1) is 0 Å². The van der Waals surface area contributed by atoms with Gasteiger partial charge in [-0.1, -0.05) is 34.1 Å². The summed E-state index contributed by atoms with van der Waals surface area (Å²) in [4.78, 5) is 5.10. The molecule has 0 saturated carbocycles. The molecule has 0 bridgehead atoms. The van der Waals surface area contributed by atoms with Crippen molar-refractivity contribution in [2.45, 2.75) is 59.4 Å². The highest BCUT2D eigenvalue weighted by Crippen LogP contribution is 2.28. The molecule has 1 fully saturated rings. The Morgan fingerprint density at radius 2 is 2.05 bits per heavy atom. The zero-order chi connectivity index (χ0) is 15.9. The lowest BCUT2D eigenvalue weighted by molar-refractivity contribution is 0.123. The number of hydrogen-bond donors (Lipinski definition) is 1. The average Bonchev–Trinajstić information content (AvgIpc) is 2.75. The number of hydrogen-bond acceptors (Lipinski definition) is 3. The van der Waals surface area contributed by atoms with E-state index >= 15 is 0 Å². The van der Waals surface area contributed by atoms with Crippen molar-refractivity contribution < 1.29 is 0 Å². The number of likely N-dealkylation sites (N-methyl/N-ethyl adjacent to an activating group) is 1. The summed E-state index contributed by atoms with van der Waals surface area (Å²) in [5, 5.41) is 3.70. The monoisotopic (exact) mass is 297 g/mol. The van der Waals surface area contributed by atoms with Gasteiger partial charge in [-0.25, -0.2) is 0 Å². The molecule has 1 saturated heterocycles. The fraction of sp³-hybridized carbons (Fsp3) is 1.00. The summed E-state index contributed by atoms with van der Waals surface area (Å²) >= 11 is 0. The molecule has 0 aromatic rings. The van der Waals surface area contributed by atoms with Crippen LogP contribution < -0.4 is 5.32 Å². The normalized spacial score (nSPS) is 23.1. The third kappa shape index (κ3) is 7.12. The summed E-state index contributed by atoms with van der Waals surface area (Å²) in [5.41, 5.74) is 0.415. The number of likely N-dealkylation sites (tertiary alicyclic amines) is 1. The van der Waals surface area contributed by atoms with Crippen molar-refractivity contribution in [1.82, 2.24) is 15.1 Å². The lowest BCUT2D eigenvalue weighted by atomic mass is 9.84. The van der Waals surface area contributed by atoms with Crippen LogP contribution in [0.3, 0.4) is 0 Å². The number of nitrogens with zero attached hydrogens (tertiary/aromatic N) is 2. The Bertz CT molecular complexity index is 278. The van der Waals surface area contributed by atoms with Gasteiger partial charge in [0.2, 0.25) is 0 Å². The van der Waals surface area contributed by atoms with Gasteiger partial charge >= 0.3 is 0 Å². The Kier molecular flexibility index (Phi) is 8.22. The zero-order valence-corrected chi connectivity index (χ0v) is 15.4. The van der Waals surface area contributed by atoms with Crippen LogP contribution >= 0.6 is 0 Å². The van der Waals surface area contributed by atoms with Gasteiger partial charge < -0.3 is 10.2 Å². The maximum atomic E-state index is 3.70. The van der Waals surface area contributed by atoms with Crippen LogP contribution in [0.4, 0.5) is 0 Å². The molecule has 1 aliphatic heterocycles. The van der Waals surface area contributed by atoms with Crippen LogP contribution in [-0.2, 0) is 0 Å². The molecular formula is C18H39N3. The first-order valence-corrected chi connectivity index (χ1v) is 8.96. The molecule has 2 atom stereocenters. The maximum Gasteiger partial charge on any atom is 0.0223 e. The summed E-state index contributed by atoms with van der Waals surface area (Å²) in [6.07, 6.45) is 5.36. The van der Waals surface area contributed by atoms with E-state index in [4.69, 9.17) is 0 Å². The Hall–Kier alpha value is -0.120. The topological polar surface area (TPSA) is 18.5 Å². The van der Waals surface area contributed by atoms with Crippen molar-refractivity contribution in [1.29, 1.82) is 0 Å². The van der Waals surface area contributed by atoms with Gasteiger partial charge in [0.15, 0.2) is 0 Å². The van der Waals surface area contributed by atoms with E-state index in [0.29, 0.717) is 5.41 Å². The van der Waals surface area contributed by atoms with Gasteiger partial charge in [-0.15, -0.1) is 0 Å². The predicted octanol–water partition coefficient (Wildman–Crippen LogP) is 3.06. The van der Waals surface area contributed by atoms with Crippen molar-refractivity contribution in [2.24, 2.45) is 11.3 Å². The predicted molar refractivity (Wildman–Crippen MR) is 93.9 cm³/mol. The fourth-order valence-corrected chi connectivity index (χ4v) is 3.71. The standard InChI is InChI=1S/C18H39N3/c1-7-10-18(4,14-19-12-16(2)3)15-21-11-8-9-17(21)13-20(5)6/h16-17,19H,7-15H2,1-6H3. The third-order valence-electron chi connectivity index (χ3n) is 4.62. The largest absolute Gasteiger partial charge is 0.316 e. The molecule has 126 valence electrons. The Morgan fingerprint density at radius 3 is 2.62 bits per heavy atom. The summed E-state index contributed by atoms with van der Waals surface area (Å²) in [6.45, 7) is 15.4. The molecule has 1 rings (SSSR count). The van der Waals surface area contributed by atoms with E-state index in [-0.39, 0.29) is 0 Å². The van der Waals surface area contributed by atoms with Crippen LogP contribution in [0.5, 0.6) is 0 Å². The van der Waals surface area contributed by atoms with Crippen molar-refractivity contribution in [3.63, 3.8) is 0 Å². The quantitative estimate of drug-likeness (QED) is 0.668. The molecule has 1 heterocycles. The Morgan fingerprint density at radius 1 is 1.33 bits per heavy atom. The minimum atomic E-state index is 0.415. The molecule has 0 aromatic carbocycles. The van der Waals surface area contributed by atoms with E-state index in [1.165, 1.54) is 45.3 Å². The molecule has 0 amide bonds. The van der Waals surface area contributed by atoms with Gasteiger partial charge in [-0.05, 0) is 57.8 Å². The van der Waals surface area contributed by atoms with Crippen LogP contribution in [0.1, 0.15) is 53.4 Å². The first-order chi connectivity index (χ1) is 9.86. The van der Waals surface area contributed by atoms with Crippen LogP contribution in [0, 0.1) is 11.3 Å². The van der Waals surface area contributed by atoms with Gasteiger partial charge in [0.1, 0.15) is 0 Å². The summed E-state index contributed by atoms with van der Waals surface area (Å²) < 4.78 is 0. The minimum Gasteiger partial charge on any atom is -0.316 e. The smallest absolute Gasteiger partial charge is 0.0223 e. The van der Waals surface area contributed by atoms with E-state index < -0.39 is 0 Å². The molecule has 3 nitrogen and oxygen atoms in total. The van der Waals surface area contributed by atoms with Crippen molar-refractivity contribution in [3.05, 3.63) is 0 Å². The lowest BCUT2D eigenvalue weighted by Crippen LogP contribution is -2.47. The van der Waals surface area contributed by atoms with Gasteiger partial charge in [-0.3, -0.25) is 4.90 Å². The van der Waals surface area contributed by atoms with Gasteiger partial charge in [0.25, 0.3) is 0 Å². The molecular weight excluding hydrogens is 258 g/mol. The molecule has 0 aliphatic carbocycles. The second-order valence-electron chi connectivity index (χ2n) is 8.11. The van der Waals surface area contributed by atoms with E-state index in [2.05, 4.69) is 56.9 Å². The Balaban J connectivity index is 2.54. The van der Waals surface area contributed by atoms with E-state index in [1.807, 2.05) is 0 Å². The first-order valence-electron chi connectivity index (χ1n) is 8.96. The highest BCUT2D eigenvalue weighted by atomic mass is 15.2. The molecule has 2 unspecified atom stereocenters. The fourth-order valence-electron chi connectivity index (χ4n) is 3.71. The number of nitrogens with one attached hydrogen (secondary N) is 1. The van der Waals surface area contributed by atoms with Crippen LogP contribution in [0.15, 0.2) is 0 Å². The van der Waals surface area contributed by atoms with Crippen LogP contribution in [0.25, 0.3) is 0 Å². The maximum absolute atomic E-state index is 3.70. The van der Waals surface area contributed by atoms with Gasteiger partial charge in [0, 0.05) is 25.7 Å². The molecule has 0 radical (unpaired) electrons. The third-order valence-corrected chi connectivity index (χ3v) is 4.62. The number of rotatable bonds is 10. The molecule has 0 aromatic heterocycles. The van der Waals surface area contributed by atoms with Crippen molar-refractivity contribution in [2.75, 3.05) is 46.8 Å². The SMILES string of the molecule is CCCC(C)(CNCC(C)C)CN1CCCC1CN(C)C. The molecule has 1 N–H and O–H groups in total. The summed E-state index contributed by atoms with van der Waals surface area (Å²) in [5.74, 6) is 0.740. The van der Waals surface area contributed by atoms with Gasteiger partial charge in [-0.2, -0.15) is 0 Å². The van der Waals surface area contributed by atoms with Crippen LogP contribution in [-0.4, -0.2) is 62.7 Å². The average molecular weight is 298 g/mol. The van der Waals surface area contributed by atoms with Crippen LogP contribution in [0.2, 0.25) is 0 Å². The summed E-state index contributed by atoms with van der Waals surface area (Å²) in [6, 6.07) is 0.765. The van der Waals surface area contributed by atoms with E-state index in [0.717, 1.165) is 25.0 Å². The zero-order valence-electron chi connectivity index (χ0n) is 15.4. The van der Waals surface area contributed by atoms with Crippen molar-refractivity contribution in [3.8, 4) is 0 Å². The van der Waals surface area contributed by atoms with E-state index in [9.17, 15) is 0 Å². The molecule has 1 aliphatic rings. The van der Waals surface area contributed by atoms with E-state index in [1.54, 1.807) is 0 Å². The highest BCUT2D eigenvalue weighted by Gasteiger charge is 2.32. The van der Waals surface area contributed by atoms with Crippen molar-refractivity contribution >= 4 is 0 Å². The highest BCUT2D eigenvalue weighted by molar-refractivity contribution is 4.88. The summed E-state index contributed by atoms with van der Waals surface area (Å²) in [7, 11) is 4.40. The first kappa shape index (κ1) is 18.9. The molecule has 0 spiro atoms. The minimum absolute atomic E-state index is 0.415. The molecule has 3 heteroatoms. The lowest BCUT2D eigenvalue weighted by Gasteiger charge is -2.37. The Labute approximate surface area is 133 Å².